The normalized spacial score (nSPS) is 24.6. The minimum atomic E-state index is -0.184. The van der Waals surface area contributed by atoms with Crippen molar-refractivity contribution in [3.05, 3.63) is 0 Å². The van der Waals surface area contributed by atoms with Crippen LogP contribution in [0, 0.1) is 0 Å². The van der Waals surface area contributed by atoms with Crippen molar-refractivity contribution in [2.45, 2.75) is 25.4 Å². The molecule has 0 bridgehead atoms. The topological polar surface area (TPSA) is 38.7 Å². The van der Waals surface area contributed by atoms with Gasteiger partial charge in [-0.05, 0) is 19.8 Å². The predicted octanol–water partition coefficient (Wildman–Crippen LogP) is 0.522. The SMILES string of the molecule is CC1(OCO)CCOCC1. The first-order chi connectivity index (χ1) is 4.77. The Kier molecular flexibility index (Phi) is 2.65. The van der Waals surface area contributed by atoms with Crippen molar-refractivity contribution >= 4 is 0 Å². The molecule has 0 aromatic rings. The van der Waals surface area contributed by atoms with E-state index in [0.717, 1.165) is 26.1 Å². The van der Waals surface area contributed by atoms with Gasteiger partial charge in [-0.2, -0.15) is 0 Å². The molecule has 1 saturated heterocycles. The van der Waals surface area contributed by atoms with Crippen molar-refractivity contribution in [1.82, 2.24) is 0 Å². The monoisotopic (exact) mass is 146 g/mol. The molecule has 3 heteroatoms. The van der Waals surface area contributed by atoms with E-state index in [4.69, 9.17) is 14.6 Å². The first-order valence-corrected chi connectivity index (χ1v) is 3.59. The maximum Gasteiger partial charge on any atom is 0.144 e. The Hall–Kier alpha value is -0.120. The molecule has 0 aromatic heterocycles. The second-order valence-electron chi connectivity index (χ2n) is 2.84. The molecule has 0 atom stereocenters. The van der Waals surface area contributed by atoms with Crippen molar-refractivity contribution in [2.24, 2.45) is 0 Å². The van der Waals surface area contributed by atoms with Crippen LogP contribution in [-0.2, 0) is 9.47 Å². The first kappa shape index (κ1) is 7.98. The molecule has 0 radical (unpaired) electrons. The lowest BCUT2D eigenvalue weighted by Crippen LogP contribution is -2.36. The van der Waals surface area contributed by atoms with E-state index in [1.165, 1.54) is 0 Å². The van der Waals surface area contributed by atoms with Crippen LogP contribution in [-0.4, -0.2) is 30.7 Å². The van der Waals surface area contributed by atoms with E-state index in [-0.39, 0.29) is 12.4 Å². The molecule has 1 heterocycles. The highest BCUT2D eigenvalue weighted by atomic mass is 16.6. The van der Waals surface area contributed by atoms with Crippen LogP contribution >= 0.6 is 0 Å². The van der Waals surface area contributed by atoms with Gasteiger partial charge in [-0.1, -0.05) is 0 Å². The maximum atomic E-state index is 8.52. The third-order valence-electron chi connectivity index (χ3n) is 1.96. The highest BCUT2D eigenvalue weighted by Gasteiger charge is 2.27. The number of aliphatic hydroxyl groups is 1. The summed E-state index contributed by atoms with van der Waals surface area (Å²) < 4.78 is 10.3. The van der Waals surface area contributed by atoms with Crippen LogP contribution < -0.4 is 0 Å². The standard InChI is InChI=1S/C7H14O3/c1-7(10-6-8)2-4-9-5-3-7/h8H,2-6H2,1H3. The molecule has 60 valence electrons. The molecule has 10 heavy (non-hydrogen) atoms. The average Bonchev–Trinajstić information content (AvgIpc) is 1.89. The molecule has 0 aromatic carbocycles. The summed E-state index contributed by atoms with van der Waals surface area (Å²) in [7, 11) is 0. The predicted molar refractivity (Wildman–Crippen MR) is 36.6 cm³/mol. The van der Waals surface area contributed by atoms with E-state index >= 15 is 0 Å². The fourth-order valence-electron chi connectivity index (χ4n) is 1.10. The number of hydrogen-bond donors (Lipinski definition) is 1. The average molecular weight is 146 g/mol. The number of aliphatic hydroxyl groups excluding tert-OH is 1. The molecule has 3 nitrogen and oxygen atoms in total. The van der Waals surface area contributed by atoms with Gasteiger partial charge in [-0.25, -0.2) is 0 Å². The van der Waals surface area contributed by atoms with Gasteiger partial charge < -0.3 is 14.6 Å². The van der Waals surface area contributed by atoms with Crippen LogP contribution in [0.3, 0.4) is 0 Å². The van der Waals surface area contributed by atoms with Gasteiger partial charge in [-0.15, -0.1) is 0 Å². The third-order valence-corrected chi connectivity index (χ3v) is 1.96. The van der Waals surface area contributed by atoms with E-state index in [2.05, 4.69) is 0 Å². The van der Waals surface area contributed by atoms with Crippen molar-refractivity contribution in [3.8, 4) is 0 Å². The number of hydrogen-bond acceptors (Lipinski definition) is 3. The molecule has 0 spiro atoms. The minimum absolute atomic E-state index is 0.146. The molecule has 1 rings (SSSR count). The van der Waals surface area contributed by atoms with Gasteiger partial charge in [0.15, 0.2) is 0 Å². The Balaban J connectivity index is 2.32. The zero-order valence-corrected chi connectivity index (χ0v) is 6.30. The van der Waals surface area contributed by atoms with Crippen molar-refractivity contribution < 1.29 is 14.6 Å². The lowest BCUT2D eigenvalue weighted by Gasteiger charge is -2.32. The molecule has 1 N–H and O–H groups in total. The number of ether oxygens (including phenoxy) is 2. The maximum absolute atomic E-state index is 8.52. The van der Waals surface area contributed by atoms with Crippen molar-refractivity contribution in [3.63, 3.8) is 0 Å². The molecular formula is C7H14O3. The summed E-state index contributed by atoms with van der Waals surface area (Å²) in [5.41, 5.74) is -0.146. The summed E-state index contributed by atoms with van der Waals surface area (Å²) in [6.07, 6.45) is 1.76. The first-order valence-electron chi connectivity index (χ1n) is 3.59. The Morgan fingerprint density at radius 1 is 1.50 bits per heavy atom. The zero-order chi connectivity index (χ0) is 7.45. The summed E-state index contributed by atoms with van der Waals surface area (Å²) in [5, 5.41) is 8.52. The summed E-state index contributed by atoms with van der Waals surface area (Å²) in [6.45, 7) is 3.31. The van der Waals surface area contributed by atoms with Crippen LogP contribution in [0.15, 0.2) is 0 Å². The summed E-state index contributed by atoms with van der Waals surface area (Å²) in [5.74, 6) is 0. The molecular weight excluding hydrogens is 132 g/mol. The lowest BCUT2D eigenvalue weighted by atomic mass is 9.97. The van der Waals surface area contributed by atoms with Crippen molar-refractivity contribution in [1.29, 1.82) is 0 Å². The highest BCUT2D eigenvalue weighted by molar-refractivity contribution is 4.77. The largest absolute Gasteiger partial charge is 0.381 e. The summed E-state index contributed by atoms with van der Waals surface area (Å²) in [4.78, 5) is 0. The van der Waals surface area contributed by atoms with Crippen LogP contribution in [0.1, 0.15) is 19.8 Å². The van der Waals surface area contributed by atoms with Crippen LogP contribution in [0.5, 0.6) is 0 Å². The molecule has 0 amide bonds. The Morgan fingerprint density at radius 3 is 2.60 bits per heavy atom. The van der Waals surface area contributed by atoms with Gasteiger partial charge in [0, 0.05) is 13.2 Å². The third kappa shape index (κ3) is 1.94. The summed E-state index contributed by atoms with van der Waals surface area (Å²) in [6, 6.07) is 0. The van der Waals surface area contributed by atoms with E-state index in [1.807, 2.05) is 6.92 Å². The second kappa shape index (κ2) is 3.32. The van der Waals surface area contributed by atoms with Gasteiger partial charge in [0.2, 0.25) is 0 Å². The lowest BCUT2D eigenvalue weighted by molar-refractivity contribution is -0.146. The van der Waals surface area contributed by atoms with Gasteiger partial charge in [-0.3, -0.25) is 0 Å². The number of rotatable bonds is 2. The Labute approximate surface area is 60.9 Å². The second-order valence-corrected chi connectivity index (χ2v) is 2.84. The molecule has 1 aliphatic rings. The van der Waals surface area contributed by atoms with Gasteiger partial charge in [0.25, 0.3) is 0 Å². The van der Waals surface area contributed by atoms with Gasteiger partial charge in [0.05, 0.1) is 5.60 Å². The molecule has 0 aliphatic carbocycles. The zero-order valence-electron chi connectivity index (χ0n) is 6.30. The fraction of sp³-hybridized carbons (Fsp3) is 1.00. The van der Waals surface area contributed by atoms with Crippen LogP contribution in [0.4, 0.5) is 0 Å². The van der Waals surface area contributed by atoms with Gasteiger partial charge >= 0.3 is 0 Å². The quantitative estimate of drug-likeness (QED) is 0.577. The van der Waals surface area contributed by atoms with Crippen molar-refractivity contribution in [2.75, 3.05) is 20.0 Å². The van der Waals surface area contributed by atoms with Crippen LogP contribution in [0.2, 0.25) is 0 Å². The minimum Gasteiger partial charge on any atom is -0.381 e. The Morgan fingerprint density at radius 2 is 2.10 bits per heavy atom. The molecule has 1 fully saturated rings. The Bertz CT molecular complexity index is 91.5. The van der Waals surface area contributed by atoms with Gasteiger partial charge in [0.1, 0.15) is 6.79 Å². The van der Waals surface area contributed by atoms with E-state index in [9.17, 15) is 0 Å². The van der Waals surface area contributed by atoms with E-state index in [0.29, 0.717) is 0 Å². The molecule has 0 saturated carbocycles. The highest BCUT2D eigenvalue weighted by Crippen LogP contribution is 2.23. The van der Waals surface area contributed by atoms with Crippen LogP contribution in [0.25, 0.3) is 0 Å². The summed E-state index contributed by atoms with van der Waals surface area (Å²) >= 11 is 0. The molecule has 0 unspecified atom stereocenters. The van der Waals surface area contributed by atoms with E-state index < -0.39 is 0 Å². The molecule has 1 aliphatic heterocycles. The van der Waals surface area contributed by atoms with E-state index in [1.54, 1.807) is 0 Å². The smallest absolute Gasteiger partial charge is 0.144 e. The fourth-order valence-corrected chi connectivity index (χ4v) is 1.10.